The second kappa shape index (κ2) is 7.90. The van der Waals surface area contributed by atoms with Crippen molar-refractivity contribution in [3.63, 3.8) is 0 Å². The Morgan fingerprint density at radius 2 is 2.10 bits per heavy atom. The third-order valence-corrected chi connectivity index (χ3v) is 7.49. The third-order valence-electron chi connectivity index (χ3n) is 6.18. The van der Waals surface area contributed by atoms with E-state index >= 15 is 0 Å². The molecule has 3 aliphatic heterocycles. The van der Waals surface area contributed by atoms with E-state index in [0.29, 0.717) is 24.3 Å². The molecule has 31 heavy (non-hydrogen) atoms. The molecular weight excluding hydrogens is 410 g/mol. The summed E-state index contributed by atoms with van der Waals surface area (Å²) in [5.74, 6) is 2.34. The van der Waals surface area contributed by atoms with Crippen molar-refractivity contribution in [2.45, 2.75) is 63.0 Å². The minimum Gasteiger partial charge on any atom is -0.493 e. The molecule has 1 N–H and O–H groups in total. The summed E-state index contributed by atoms with van der Waals surface area (Å²) in [5.41, 5.74) is 1.85. The Kier molecular flexibility index (Phi) is 5.35. The van der Waals surface area contributed by atoms with Crippen molar-refractivity contribution in [2.24, 2.45) is 4.99 Å². The monoisotopic (exact) mass is 441 g/mol. The molecule has 0 amide bonds. The minimum absolute atomic E-state index is 0.0944. The van der Waals surface area contributed by atoms with Crippen LogP contribution in [0, 0.1) is 0 Å². The number of likely N-dealkylation sites (tertiary alicyclic amines) is 1. The first-order valence-corrected chi connectivity index (χ1v) is 12.0. The maximum Gasteiger partial charge on any atom is 0.183 e. The molecule has 0 bridgehead atoms. The fourth-order valence-electron chi connectivity index (χ4n) is 4.74. The Balaban J connectivity index is 1.37. The first kappa shape index (κ1) is 21.0. The van der Waals surface area contributed by atoms with Crippen molar-refractivity contribution >= 4 is 16.8 Å². The van der Waals surface area contributed by atoms with E-state index in [1.807, 2.05) is 30.3 Å². The largest absolute Gasteiger partial charge is 0.493 e. The summed E-state index contributed by atoms with van der Waals surface area (Å²) >= 11 is 1.81. The lowest BCUT2D eigenvalue weighted by molar-refractivity contribution is 0.00732. The first-order valence-electron chi connectivity index (χ1n) is 11.1. The number of ether oxygens (including phenoxy) is 1. The van der Waals surface area contributed by atoms with Crippen LogP contribution in [0.1, 0.15) is 69.1 Å². The third kappa shape index (κ3) is 4.13. The number of fused-ring (bicyclic) bond motifs is 3. The maximum absolute atomic E-state index is 10.0. The van der Waals surface area contributed by atoms with Gasteiger partial charge in [-0.15, -0.1) is 0 Å². The van der Waals surface area contributed by atoms with Crippen LogP contribution >= 0.6 is 11.8 Å². The van der Waals surface area contributed by atoms with E-state index < -0.39 is 5.60 Å². The summed E-state index contributed by atoms with van der Waals surface area (Å²) in [6.07, 6.45) is 2.58. The molecule has 8 heteroatoms. The Hall–Kier alpha value is -1.90. The van der Waals surface area contributed by atoms with Crippen molar-refractivity contribution < 1.29 is 9.84 Å². The molecule has 3 aliphatic rings. The molecule has 5 rings (SSSR count). The van der Waals surface area contributed by atoms with Gasteiger partial charge in [0.05, 0.1) is 18.2 Å². The smallest absolute Gasteiger partial charge is 0.183 e. The number of hydrogen-bond donors (Lipinski definition) is 1. The number of β-amino-alcohol motifs (C(OH)–C–C–N with tert-alkyl or cyclic N) is 1. The van der Waals surface area contributed by atoms with E-state index in [-0.39, 0.29) is 12.1 Å². The van der Waals surface area contributed by atoms with Crippen LogP contribution in [-0.4, -0.2) is 66.9 Å². The molecule has 166 valence electrons. The molecule has 1 fully saturated rings. The number of rotatable bonds is 5. The predicted octanol–water partition coefficient (Wildman–Crippen LogP) is 3.41. The summed E-state index contributed by atoms with van der Waals surface area (Å²) in [4.78, 5) is 11.9. The van der Waals surface area contributed by atoms with Crippen molar-refractivity contribution in [3.8, 4) is 5.75 Å². The van der Waals surface area contributed by atoms with E-state index in [1.165, 1.54) is 11.1 Å². The second-order valence-electron chi connectivity index (χ2n) is 9.80. The van der Waals surface area contributed by atoms with Crippen molar-refractivity contribution in [1.82, 2.24) is 19.7 Å². The summed E-state index contributed by atoms with van der Waals surface area (Å²) in [5, 5.41) is 15.8. The molecule has 2 atom stereocenters. The van der Waals surface area contributed by atoms with E-state index in [2.05, 4.69) is 47.0 Å². The molecule has 1 saturated heterocycles. The van der Waals surface area contributed by atoms with Gasteiger partial charge in [-0.1, -0.05) is 23.9 Å². The molecular formula is C23H31N5O2S. The number of thioether (sulfide) groups is 1. The zero-order chi connectivity index (χ0) is 21.8. The highest BCUT2D eigenvalue weighted by molar-refractivity contribution is 8.15. The molecule has 1 unspecified atom stereocenters. The number of aliphatic hydroxyl groups is 1. The average molecular weight is 442 g/mol. The molecule has 0 radical (unpaired) electrons. The predicted molar refractivity (Wildman–Crippen MR) is 123 cm³/mol. The topological polar surface area (TPSA) is 75.8 Å². The number of benzene rings is 1. The van der Waals surface area contributed by atoms with Gasteiger partial charge in [0.1, 0.15) is 17.1 Å². The van der Waals surface area contributed by atoms with Gasteiger partial charge in [-0.05, 0) is 45.7 Å². The standard InChI is InChI=1S/C23H31N5O2S/c1-14(2)28-21(24-13-25-28)22-26-20-17-6-5-15(9-18(17)30-8-7-19(20)31-22)16-10-27(11-16)12-23(3,4)29/h5-6,9,13-14,16,19-20,29H,7-8,10-12H2,1-4H3/t19?,20-/m0/s1. The molecule has 0 aliphatic carbocycles. The van der Waals surface area contributed by atoms with Gasteiger partial charge >= 0.3 is 0 Å². The highest BCUT2D eigenvalue weighted by Crippen LogP contribution is 2.46. The molecule has 7 nitrogen and oxygen atoms in total. The SMILES string of the molecule is CC(C)n1ncnc1C1=N[C@H]2c3ccc(C4CN(CC(C)(C)O)C4)cc3OCCC2S1. The van der Waals surface area contributed by atoms with Gasteiger partial charge < -0.3 is 9.84 Å². The van der Waals surface area contributed by atoms with Crippen LogP contribution in [0.5, 0.6) is 5.75 Å². The Morgan fingerprint density at radius 1 is 1.29 bits per heavy atom. The zero-order valence-electron chi connectivity index (χ0n) is 18.7. The van der Waals surface area contributed by atoms with Crippen LogP contribution in [0.25, 0.3) is 0 Å². The molecule has 1 aromatic carbocycles. The van der Waals surface area contributed by atoms with Crippen LogP contribution in [0.3, 0.4) is 0 Å². The normalized spacial score (nSPS) is 24.3. The van der Waals surface area contributed by atoms with Crippen molar-refractivity contribution in [1.29, 1.82) is 0 Å². The Bertz CT molecular complexity index is 990. The van der Waals surface area contributed by atoms with Gasteiger partial charge in [0, 0.05) is 42.4 Å². The number of aliphatic imine (C=N–C) groups is 1. The summed E-state index contributed by atoms with van der Waals surface area (Å²) in [6.45, 7) is 11.4. The lowest BCUT2D eigenvalue weighted by atomic mass is 9.88. The molecule has 0 saturated carbocycles. The molecule has 0 spiro atoms. The second-order valence-corrected chi connectivity index (χ2v) is 11.0. The highest BCUT2D eigenvalue weighted by atomic mass is 32.2. The van der Waals surface area contributed by atoms with Gasteiger partial charge in [-0.25, -0.2) is 9.67 Å². The Labute approximate surface area is 187 Å². The zero-order valence-corrected chi connectivity index (χ0v) is 19.5. The van der Waals surface area contributed by atoms with Crippen molar-refractivity contribution in [3.05, 3.63) is 41.5 Å². The molecule has 4 heterocycles. The van der Waals surface area contributed by atoms with Gasteiger partial charge in [-0.3, -0.25) is 9.89 Å². The van der Waals surface area contributed by atoms with E-state index in [4.69, 9.17) is 9.73 Å². The van der Waals surface area contributed by atoms with E-state index in [1.54, 1.807) is 6.33 Å². The van der Waals surface area contributed by atoms with Crippen LogP contribution in [0.2, 0.25) is 0 Å². The van der Waals surface area contributed by atoms with Gasteiger partial charge in [0.25, 0.3) is 0 Å². The number of nitrogens with zero attached hydrogens (tertiary/aromatic N) is 5. The van der Waals surface area contributed by atoms with E-state index in [0.717, 1.165) is 36.1 Å². The summed E-state index contributed by atoms with van der Waals surface area (Å²) < 4.78 is 8.12. The maximum atomic E-state index is 10.0. The van der Waals surface area contributed by atoms with Crippen LogP contribution < -0.4 is 4.74 Å². The molecule has 2 aromatic rings. The first-order chi connectivity index (χ1) is 14.8. The minimum atomic E-state index is -0.646. The van der Waals surface area contributed by atoms with Gasteiger partial charge in [0.15, 0.2) is 5.82 Å². The number of aromatic nitrogens is 3. The summed E-state index contributed by atoms with van der Waals surface area (Å²) in [7, 11) is 0. The fraction of sp³-hybridized carbons (Fsp3) is 0.609. The van der Waals surface area contributed by atoms with E-state index in [9.17, 15) is 5.11 Å². The average Bonchev–Trinajstić information content (AvgIpc) is 3.28. The lowest BCUT2D eigenvalue weighted by Crippen LogP contribution is -2.50. The highest BCUT2D eigenvalue weighted by Gasteiger charge is 2.38. The summed E-state index contributed by atoms with van der Waals surface area (Å²) in [6, 6.07) is 7.02. The van der Waals surface area contributed by atoms with Gasteiger partial charge in [0.2, 0.25) is 0 Å². The fourth-order valence-corrected chi connectivity index (χ4v) is 6.01. The quantitative estimate of drug-likeness (QED) is 0.766. The van der Waals surface area contributed by atoms with Crippen LogP contribution in [0.4, 0.5) is 0 Å². The van der Waals surface area contributed by atoms with Crippen LogP contribution in [0.15, 0.2) is 29.5 Å². The van der Waals surface area contributed by atoms with Crippen LogP contribution in [-0.2, 0) is 0 Å². The van der Waals surface area contributed by atoms with Gasteiger partial charge in [-0.2, -0.15) is 5.10 Å². The number of hydrogen-bond acceptors (Lipinski definition) is 7. The molecule has 1 aromatic heterocycles. The van der Waals surface area contributed by atoms with Crippen molar-refractivity contribution in [2.75, 3.05) is 26.2 Å². The lowest BCUT2D eigenvalue weighted by Gasteiger charge is -2.42. The Morgan fingerprint density at radius 3 is 2.84 bits per heavy atom.